The van der Waals surface area contributed by atoms with Gasteiger partial charge in [-0.15, -0.1) is 0 Å². The number of phenols is 1. The summed E-state index contributed by atoms with van der Waals surface area (Å²) in [6, 6.07) is 10.4. The van der Waals surface area contributed by atoms with Crippen LogP contribution in [0.15, 0.2) is 55.1 Å². The van der Waals surface area contributed by atoms with Crippen LogP contribution in [-0.4, -0.2) is 45.9 Å². The summed E-state index contributed by atoms with van der Waals surface area (Å²) in [4.78, 5) is 17.8. The third-order valence-electron chi connectivity index (χ3n) is 5.34. The average molecular weight is 463 g/mol. The summed E-state index contributed by atoms with van der Waals surface area (Å²) in [6.45, 7) is 6.68. The lowest BCUT2D eigenvalue weighted by Gasteiger charge is -2.26. The molecule has 0 aliphatic heterocycles. The molecule has 178 valence electrons. The van der Waals surface area contributed by atoms with Crippen LogP contribution in [0, 0.1) is 10.8 Å². The number of nitrogens with one attached hydrogen (secondary N) is 3. The SMILES string of the molecule is CCNC(=O)C(=N)N(C(=N)c1cc(C(C)C)c(OC)cc1O)c1ccc(Cn2ccnc2)cc1. The van der Waals surface area contributed by atoms with Gasteiger partial charge in [0.05, 0.1) is 19.0 Å². The second kappa shape index (κ2) is 10.7. The number of amidine groups is 2. The van der Waals surface area contributed by atoms with E-state index in [1.807, 2.05) is 36.7 Å². The Morgan fingerprint density at radius 3 is 2.50 bits per heavy atom. The minimum Gasteiger partial charge on any atom is -0.507 e. The Morgan fingerprint density at radius 1 is 1.24 bits per heavy atom. The number of benzene rings is 2. The molecule has 0 unspecified atom stereocenters. The smallest absolute Gasteiger partial charge is 0.287 e. The van der Waals surface area contributed by atoms with Gasteiger partial charge < -0.3 is 19.7 Å². The van der Waals surface area contributed by atoms with Crippen LogP contribution in [0.25, 0.3) is 0 Å². The molecule has 1 amide bonds. The number of carbonyl (C=O) groups is 1. The summed E-state index contributed by atoms with van der Waals surface area (Å²) in [5.41, 5.74) is 2.45. The van der Waals surface area contributed by atoms with E-state index >= 15 is 0 Å². The fourth-order valence-electron chi connectivity index (χ4n) is 3.58. The van der Waals surface area contributed by atoms with Gasteiger partial charge in [0, 0.05) is 37.2 Å². The van der Waals surface area contributed by atoms with Crippen molar-refractivity contribution in [1.29, 1.82) is 10.8 Å². The van der Waals surface area contributed by atoms with E-state index in [2.05, 4.69) is 10.3 Å². The van der Waals surface area contributed by atoms with E-state index in [1.165, 1.54) is 18.1 Å². The molecule has 0 spiro atoms. The summed E-state index contributed by atoms with van der Waals surface area (Å²) in [5.74, 6) is -0.821. The van der Waals surface area contributed by atoms with E-state index in [0.717, 1.165) is 11.1 Å². The molecule has 0 saturated heterocycles. The number of anilines is 1. The quantitative estimate of drug-likeness (QED) is 0.314. The number of phenolic OH excluding ortho intramolecular Hbond substituents is 1. The number of carbonyl (C=O) groups excluding carboxylic acids is 1. The molecular formula is C25H30N6O3. The van der Waals surface area contributed by atoms with Crippen LogP contribution in [-0.2, 0) is 11.3 Å². The van der Waals surface area contributed by atoms with Crippen molar-refractivity contribution in [2.24, 2.45) is 0 Å². The highest BCUT2D eigenvalue weighted by molar-refractivity contribution is 6.48. The van der Waals surface area contributed by atoms with E-state index in [4.69, 9.17) is 15.6 Å². The number of likely N-dealkylation sites (N-methyl/N-ethyl adjacent to an activating group) is 1. The van der Waals surface area contributed by atoms with Crippen molar-refractivity contribution in [2.75, 3.05) is 18.6 Å². The summed E-state index contributed by atoms with van der Waals surface area (Å²) in [7, 11) is 1.52. The zero-order valence-electron chi connectivity index (χ0n) is 19.8. The normalized spacial score (nSPS) is 10.7. The minimum atomic E-state index is -0.619. The highest BCUT2D eigenvalue weighted by atomic mass is 16.5. The van der Waals surface area contributed by atoms with Gasteiger partial charge in [-0.2, -0.15) is 0 Å². The van der Waals surface area contributed by atoms with Crippen LogP contribution in [0.2, 0.25) is 0 Å². The monoisotopic (exact) mass is 462 g/mol. The molecule has 0 aliphatic carbocycles. The van der Waals surface area contributed by atoms with Gasteiger partial charge in [-0.05, 0) is 42.2 Å². The van der Waals surface area contributed by atoms with Gasteiger partial charge in [0.15, 0.2) is 5.84 Å². The maximum atomic E-state index is 12.6. The summed E-state index contributed by atoms with van der Waals surface area (Å²) >= 11 is 0. The molecule has 0 bridgehead atoms. The molecule has 1 heterocycles. The van der Waals surface area contributed by atoms with Crippen LogP contribution < -0.4 is 15.0 Å². The zero-order chi connectivity index (χ0) is 24.8. The molecule has 0 saturated carbocycles. The molecule has 4 N–H and O–H groups in total. The number of aromatic nitrogens is 2. The first kappa shape index (κ1) is 24.5. The number of imidazole rings is 1. The number of nitrogens with zero attached hydrogens (tertiary/aromatic N) is 3. The number of ether oxygens (including phenoxy) is 1. The van der Waals surface area contributed by atoms with Gasteiger partial charge in [-0.25, -0.2) is 4.98 Å². The first-order valence-corrected chi connectivity index (χ1v) is 11.0. The van der Waals surface area contributed by atoms with Gasteiger partial charge in [-0.3, -0.25) is 20.5 Å². The zero-order valence-corrected chi connectivity index (χ0v) is 19.8. The van der Waals surface area contributed by atoms with Crippen molar-refractivity contribution in [2.45, 2.75) is 33.2 Å². The third-order valence-corrected chi connectivity index (χ3v) is 5.34. The molecular weight excluding hydrogens is 432 g/mol. The van der Waals surface area contributed by atoms with Crippen molar-refractivity contribution < 1.29 is 14.6 Å². The molecule has 9 nitrogen and oxygen atoms in total. The molecule has 3 rings (SSSR count). The average Bonchev–Trinajstić information content (AvgIpc) is 3.32. The predicted molar refractivity (Wildman–Crippen MR) is 132 cm³/mol. The Kier molecular flexibility index (Phi) is 7.68. The first-order valence-electron chi connectivity index (χ1n) is 11.0. The number of methoxy groups -OCH3 is 1. The molecule has 2 aromatic carbocycles. The first-order chi connectivity index (χ1) is 16.3. The van der Waals surface area contributed by atoms with E-state index in [-0.39, 0.29) is 23.1 Å². The molecule has 3 aromatic rings. The molecule has 1 aromatic heterocycles. The fourth-order valence-corrected chi connectivity index (χ4v) is 3.58. The number of hydrogen-bond donors (Lipinski definition) is 4. The lowest BCUT2D eigenvalue weighted by atomic mass is 9.98. The maximum Gasteiger partial charge on any atom is 0.287 e. The van der Waals surface area contributed by atoms with Crippen molar-refractivity contribution >= 4 is 23.3 Å². The highest BCUT2D eigenvalue weighted by Gasteiger charge is 2.27. The fraction of sp³-hybridized carbons (Fsp3) is 0.280. The van der Waals surface area contributed by atoms with Crippen LogP contribution in [0.3, 0.4) is 0 Å². The third kappa shape index (κ3) is 5.25. The van der Waals surface area contributed by atoms with Crippen LogP contribution >= 0.6 is 0 Å². The van der Waals surface area contributed by atoms with Crippen LogP contribution in [0.4, 0.5) is 5.69 Å². The van der Waals surface area contributed by atoms with Gasteiger partial charge in [0.25, 0.3) is 5.91 Å². The summed E-state index contributed by atoms with van der Waals surface area (Å²) < 4.78 is 7.31. The molecule has 9 heteroatoms. The minimum absolute atomic E-state index is 0.0702. The lowest BCUT2D eigenvalue weighted by molar-refractivity contribution is -0.114. The molecule has 0 fully saturated rings. The van der Waals surface area contributed by atoms with E-state index in [0.29, 0.717) is 24.5 Å². The van der Waals surface area contributed by atoms with Crippen LogP contribution in [0.5, 0.6) is 11.5 Å². The van der Waals surface area contributed by atoms with Crippen molar-refractivity contribution in [3.05, 3.63) is 71.8 Å². The van der Waals surface area contributed by atoms with Gasteiger partial charge in [-0.1, -0.05) is 26.0 Å². The number of amides is 1. The molecule has 0 atom stereocenters. The van der Waals surface area contributed by atoms with Crippen molar-refractivity contribution in [3.8, 4) is 11.5 Å². The van der Waals surface area contributed by atoms with E-state index < -0.39 is 11.7 Å². The van der Waals surface area contributed by atoms with E-state index in [9.17, 15) is 9.90 Å². The van der Waals surface area contributed by atoms with Gasteiger partial charge >= 0.3 is 0 Å². The standard InChI is InChI=1S/C25H30N6O3/c1-5-29-25(33)24(27)31(18-8-6-17(7-9-18)14-30-11-10-28-15-30)23(26)20-12-19(16(2)3)22(34-4)13-21(20)32/h6-13,15-16,26-27,32H,5,14H2,1-4H3,(H,29,33). The highest BCUT2D eigenvalue weighted by Crippen LogP contribution is 2.34. The lowest BCUT2D eigenvalue weighted by Crippen LogP contribution is -2.46. The van der Waals surface area contributed by atoms with Crippen LogP contribution in [0.1, 0.15) is 43.4 Å². The van der Waals surface area contributed by atoms with Crippen molar-refractivity contribution in [3.63, 3.8) is 0 Å². The topological polar surface area (TPSA) is 127 Å². The Bertz CT molecular complexity index is 1170. The summed E-state index contributed by atoms with van der Waals surface area (Å²) in [6.07, 6.45) is 5.29. The number of hydrogen-bond acceptors (Lipinski definition) is 6. The van der Waals surface area contributed by atoms with Gasteiger partial charge in [0.1, 0.15) is 17.3 Å². The molecule has 0 aliphatic rings. The van der Waals surface area contributed by atoms with E-state index in [1.54, 1.807) is 37.6 Å². The Hall–Kier alpha value is -4.14. The Balaban J connectivity index is 2.03. The molecule has 34 heavy (non-hydrogen) atoms. The van der Waals surface area contributed by atoms with Crippen molar-refractivity contribution in [1.82, 2.24) is 14.9 Å². The largest absolute Gasteiger partial charge is 0.507 e. The van der Waals surface area contributed by atoms with Gasteiger partial charge in [0.2, 0.25) is 0 Å². The Morgan fingerprint density at radius 2 is 1.94 bits per heavy atom. The molecule has 0 radical (unpaired) electrons. The second-order valence-corrected chi connectivity index (χ2v) is 8.06. The Labute approximate surface area is 199 Å². The number of rotatable bonds is 7. The second-order valence-electron chi connectivity index (χ2n) is 8.06. The number of aromatic hydroxyl groups is 1. The summed E-state index contributed by atoms with van der Waals surface area (Å²) in [5, 5.41) is 30.7. The maximum absolute atomic E-state index is 12.6. The predicted octanol–water partition coefficient (Wildman–Crippen LogP) is 3.71.